The fourth-order valence-corrected chi connectivity index (χ4v) is 4.09. The molecular weight excluding hydrogens is 486 g/mol. The third kappa shape index (κ3) is 6.10. The summed E-state index contributed by atoms with van der Waals surface area (Å²) in [6.07, 6.45) is 1.58. The van der Waals surface area contributed by atoms with E-state index in [0.29, 0.717) is 37.9 Å². The Balaban J connectivity index is 1.41. The Morgan fingerprint density at radius 2 is 1.94 bits per heavy atom. The first-order valence-corrected chi connectivity index (χ1v) is 11.5. The highest BCUT2D eigenvalue weighted by Crippen LogP contribution is 2.34. The van der Waals surface area contributed by atoms with E-state index >= 15 is 0 Å². The van der Waals surface area contributed by atoms with Gasteiger partial charge in [0.05, 0.1) is 33.1 Å². The first-order valence-electron chi connectivity index (χ1n) is 10.7. The van der Waals surface area contributed by atoms with Gasteiger partial charge in [-0.1, -0.05) is 42.5 Å². The molecule has 1 heterocycles. The lowest BCUT2D eigenvalue weighted by Gasteiger charge is -2.25. The first kappa shape index (κ1) is 23.2. The lowest BCUT2D eigenvalue weighted by atomic mass is 10.1. The van der Waals surface area contributed by atoms with Gasteiger partial charge < -0.3 is 14.2 Å². The van der Waals surface area contributed by atoms with Crippen molar-refractivity contribution in [1.82, 2.24) is 10.3 Å². The Hall–Kier alpha value is -2.94. The average molecular weight is 512 g/mol. The zero-order valence-electron chi connectivity index (χ0n) is 18.4. The van der Waals surface area contributed by atoms with Crippen molar-refractivity contribution in [2.45, 2.75) is 6.61 Å². The second-order valence-electron chi connectivity index (χ2n) is 7.63. The summed E-state index contributed by atoms with van der Waals surface area (Å²) in [6.45, 7) is 3.51. The molecule has 172 valence electrons. The van der Waals surface area contributed by atoms with Crippen molar-refractivity contribution in [3.63, 3.8) is 0 Å². The number of rotatable bonds is 8. The molecule has 0 aromatic heterocycles. The minimum atomic E-state index is -0.161. The zero-order chi connectivity index (χ0) is 23.0. The van der Waals surface area contributed by atoms with Crippen LogP contribution in [0.3, 0.4) is 0 Å². The van der Waals surface area contributed by atoms with E-state index in [-0.39, 0.29) is 5.91 Å². The van der Waals surface area contributed by atoms with E-state index in [9.17, 15) is 4.79 Å². The molecule has 0 radical (unpaired) electrons. The summed E-state index contributed by atoms with van der Waals surface area (Å²) < 4.78 is 17.7. The topological polar surface area (TPSA) is 72.4 Å². The summed E-state index contributed by atoms with van der Waals surface area (Å²) in [5.41, 5.74) is 4.43. The number of nitrogens with zero attached hydrogens (tertiary/aromatic N) is 2. The predicted molar refractivity (Wildman–Crippen MR) is 132 cm³/mol. The van der Waals surface area contributed by atoms with Crippen LogP contribution in [-0.4, -0.2) is 57.0 Å². The smallest absolute Gasteiger partial charge is 0.254 e. The lowest BCUT2D eigenvalue weighted by Crippen LogP contribution is -2.42. The molecule has 1 N–H and O–H groups in total. The van der Waals surface area contributed by atoms with E-state index in [1.165, 1.54) is 5.39 Å². The fourth-order valence-electron chi connectivity index (χ4n) is 3.67. The molecule has 0 aliphatic carbocycles. The van der Waals surface area contributed by atoms with E-state index in [4.69, 9.17) is 14.2 Å². The van der Waals surface area contributed by atoms with Crippen LogP contribution in [0.5, 0.6) is 11.5 Å². The number of hydrogen-bond donors (Lipinski definition) is 1. The lowest BCUT2D eigenvalue weighted by molar-refractivity contribution is -0.123. The third-order valence-corrected chi connectivity index (χ3v) is 6.10. The van der Waals surface area contributed by atoms with Gasteiger partial charge >= 0.3 is 0 Å². The maximum Gasteiger partial charge on any atom is 0.254 e. The first-order chi connectivity index (χ1) is 16.1. The summed E-state index contributed by atoms with van der Waals surface area (Å²) in [6, 6.07) is 18.1. The molecule has 0 atom stereocenters. The summed E-state index contributed by atoms with van der Waals surface area (Å²) in [5.74, 6) is 1.04. The summed E-state index contributed by atoms with van der Waals surface area (Å²) >= 11 is 3.56. The van der Waals surface area contributed by atoms with Crippen LogP contribution < -0.4 is 14.9 Å². The molecule has 1 amide bonds. The summed E-state index contributed by atoms with van der Waals surface area (Å²) in [7, 11) is 1.60. The number of carbonyl (C=O) groups excluding carboxylic acids is 1. The van der Waals surface area contributed by atoms with Gasteiger partial charge in [0.1, 0.15) is 6.61 Å². The van der Waals surface area contributed by atoms with Crippen LogP contribution in [0.1, 0.15) is 11.1 Å². The van der Waals surface area contributed by atoms with Gasteiger partial charge in [-0.25, -0.2) is 5.43 Å². The molecule has 8 heteroatoms. The van der Waals surface area contributed by atoms with Crippen molar-refractivity contribution < 1.29 is 19.0 Å². The van der Waals surface area contributed by atoms with E-state index < -0.39 is 0 Å². The van der Waals surface area contributed by atoms with Crippen LogP contribution in [0.25, 0.3) is 10.8 Å². The Bertz CT molecular complexity index is 1140. The van der Waals surface area contributed by atoms with E-state index in [1.807, 2.05) is 35.2 Å². The van der Waals surface area contributed by atoms with Crippen LogP contribution in [0, 0.1) is 0 Å². The van der Waals surface area contributed by atoms with Crippen molar-refractivity contribution in [2.75, 3.05) is 40.0 Å². The summed E-state index contributed by atoms with van der Waals surface area (Å²) in [4.78, 5) is 14.2. The van der Waals surface area contributed by atoms with Crippen molar-refractivity contribution >= 4 is 38.8 Å². The highest BCUT2D eigenvalue weighted by molar-refractivity contribution is 9.10. The number of amides is 1. The van der Waals surface area contributed by atoms with Gasteiger partial charge in [-0.05, 0) is 44.4 Å². The fraction of sp³-hybridized carbons (Fsp3) is 0.280. The SMILES string of the molecule is COc1cc(/C=N/NC(=O)CN2CCOCC2)c(Br)cc1OCc1cccc2ccccc12. The molecule has 4 rings (SSSR count). The maximum atomic E-state index is 12.1. The van der Waals surface area contributed by atoms with Crippen LogP contribution in [0.2, 0.25) is 0 Å². The van der Waals surface area contributed by atoms with E-state index in [2.05, 4.69) is 50.7 Å². The number of hydrogen-bond acceptors (Lipinski definition) is 6. The number of nitrogens with one attached hydrogen (secondary N) is 1. The van der Waals surface area contributed by atoms with Gasteiger partial charge in [0.2, 0.25) is 0 Å². The Labute approximate surface area is 201 Å². The molecule has 3 aromatic rings. The molecule has 33 heavy (non-hydrogen) atoms. The Kier molecular flexibility index (Phi) is 7.93. The van der Waals surface area contributed by atoms with Gasteiger partial charge in [0.15, 0.2) is 11.5 Å². The third-order valence-electron chi connectivity index (χ3n) is 5.41. The molecular formula is C25H26BrN3O4. The molecule has 0 bridgehead atoms. The normalized spacial score (nSPS) is 14.5. The molecule has 1 aliphatic rings. The van der Waals surface area contributed by atoms with Crippen LogP contribution in [0.15, 0.2) is 64.2 Å². The highest BCUT2D eigenvalue weighted by atomic mass is 79.9. The number of halogens is 1. The number of ether oxygens (including phenoxy) is 3. The molecule has 1 fully saturated rings. The second kappa shape index (κ2) is 11.3. The average Bonchev–Trinajstić information content (AvgIpc) is 2.84. The van der Waals surface area contributed by atoms with Crippen molar-refractivity contribution in [3.05, 3.63) is 70.2 Å². The highest BCUT2D eigenvalue weighted by Gasteiger charge is 2.14. The van der Waals surface area contributed by atoms with Gasteiger partial charge in [-0.3, -0.25) is 9.69 Å². The minimum absolute atomic E-state index is 0.161. The standard InChI is InChI=1S/C25H26BrN3O4/c1-31-23-13-20(15-27-28-25(30)16-29-9-11-32-12-10-29)22(26)14-24(23)33-17-19-7-4-6-18-5-2-3-8-21(18)19/h2-8,13-15H,9-12,16-17H2,1H3,(H,28,30)/b27-15+. The second-order valence-corrected chi connectivity index (χ2v) is 8.49. The zero-order valence-corrected chi connectivity index (χ0v) is 20.0. The largest absolute Gasteiger partial charge is 0.493 e. The number of benzene rings is 3. The van der Waals surface area contributed by atoms with Gasteiger partial charge in [0, 0.05) is 23.1 Å². The molecule has 1 saturated heterocycles. The van der Waals surface area contributed by atoms with Crippen molar-refractivity contribution in [1.29, 1.82) is 0 Å². The molecule has 0 saturated carbocycles. The number of carbonyl (C=O) groups is 1. The van der Waals surface area contributed by atoms with Gasteiger partial charge in [0.25, 0.3) is 5.91 Å². The Morgan fingerprint density at radius 1 is 1.15 bits per heavy atom. The van der Waals surface area contributed by atoms with Crippen molar-refractivity contribution in [3.8, 4) is 11.5 Å². The summed E-state index contributed by atoms with van der Waals surface area (Å²) in [5, 5.41) is 6.43. The van der Waals surface area contributed by atoms with E-state index in [1.54, 1.807) is 13.3 Å². The van der Waals surface area contributed by atoms with Crippen LogP contribution >= 0.6 is 15.9 Å². The van der Waals surface area contributed by atoms with Crippen molar-refractivity contribution in [2.24, 2.45) is 5.10 Å². The molecule has 1 aliphatic heterocycles. The van der Waals surface area contributed by atoms with Gasteiger partial charge in [-0.15, -0.1) is 0 Å². The number of methoxy groups -OCH3 is 1. The number of fused-ring (bicyclic) bond motifs is 1. The minimum Gasteiger partial charge on any atom is -0.493 e. The molecule has 7 nitrogen and oxygen atoms in total. The number of morpholine rings is 1. The quantitative estimate of drug-likeness (QED) is 0.366. The molecule has 3 aromatic carbocycles. The van der Waals surface area contributed by atoms with Crippen LogP contribution in [-0.2, 0) is 16.1 Å². The molecule has 0 unspecified atom stereocenters. The monoisotopic (exact) mass is 511 g/mol. The number of hydrazone groups is 1. The maximum absolute atomic E-state index is 12.1. The Morgan fingerprint density at radius 3 is 2.76 bits per heavy atom. The molecule has 0 spiro atoms. The van der Waals surface area contributed by atoms with Crippen LogP contribution in [0.4, 0.5) is 0 Å². The van der Waals surface area contributed by atoms with Gasteiger partial charge in [-0.2, -0.15) is 5.10 Å². The van der Waals surface area contributed by atoms with E-state index in [0.717, 1.165) is 34.1 Å². The predicted octanol–water partition coefficient (Wildman–Crippen LogP) is 3.97.